The molecule has 1 saturated heterocycles. The van der Waals surface area contributed by atoms with Gasteiger partial charge >= 0.3 is 0 Å². The Hall–Kier alpha value is -0.460. The molecule has 15 heavy (non-hydrogen) atoms. The summed E-state index contributed by atoms with van der Waals surface area (Å²) in [5.41, 5.74) is 0. The zero-order valence-electron chi connectivity index (χ0n) is 8.12. The molecular formula is C9H12BrN3OS. The number of hydrogen-bond donors (Lipinski definition) is 2. The lowest BCUT2D eigenvalue weighted by Gasteiger charge is -2.20. The van der Waals surface area contributed by atoms with Crippen LogP contribution in [0.4, 0.5) is 5.13 Å². The van der Waals surface area contributed by atoms with Gasteiger partial charge in [0.2, 0.25) is 5.91 Å². The van der Waals surface area contributed by atoms with Gasteiger partial charge in [-0.15, -0.1) is 11.3 Å². The van der Waals surface area contributed by atoms with Crippen molar-refractivity contribution in [3.8, 4) is 0 Å². The molecule has 0 aliphatic carbocycles. The monoisotopic (exact) mass is 289 g/mol. The number of thiazole rings is 1. The minimum Gasteiger partial charge on any atom is -0.317 e. The van der Waals surface area contributed by atoms with Gasteiger partial charge in [0.05, 0.1) is 0 Å². The van der Waals surface area contributed by atoms with E-state index in [1.165, 1.54) is 11.3 Å². The molecule has 0 unspecified atom stereocenters. The number of hydrogen-bond acceptors (Lipinski definition) is 4. The summed E-state index contributed by atoms with van der Waals surface area (Å²) >= 11 is 4.69. The molecule has 0 spiro atoms. The maximum absolute atomic E-state index is 11.8. The molecule has 0 atom stereocenters. The van der Waals surface area contributed by atoms with Crippen molar-refractivity contribution < 1.29 is 4.79 Å². The number of nitrogens with zero attached hydrogens (tertiary/aromatic N) is 1. The fourth-order valence-electron chi connectivity index (χ4n) is 1.60. The zero-order valence-corrected chi connectivity index (χ0v) is 10.5. The molecule has 1 aliphatic rings. The summed E-state index contributed by atoms with van der Waals surface area (Å²) in [6.45, 7) is 1.86. The standard InChI is InChI=1S/C9H12BrN3OS/c10-7-5-15-9(12-7)13-8(14)6-1-3-11-4-2-6/h5-6,11H,1-4H2,(H,12,13,14). The second kappa shape index (κ2) is 5.05. The minimum absolute atomic E-state index is 0.0957. The van der Waals surface area contributed by atoms with E-state index in [0.717, 1.165) is 30.5 Å². The van der Waals surface area contributed by atoms with Crippen LogP contribution in [0, 0.1) is 5.92 Å². The van der Waals surface area contributed by atoms with E-state index in [9.17, 15) is 4.79 Å². The highest BCUT2D eigenvalue weighted by molar-refractivity contribution is 9.10. The number of halogens is 1. The molecule has 2 heterocycles. The molecule has 1 aromatic rings. The maximum Gasteiger partial charge on any atom is 0.229 e. The highest BCUT2D eigenvalue weighted by atomic mass is 79.9. The number of aromatic nitrogens is 1. The van der Waals surface area contributed by atoms with Crippen molar-refractivity contribution in [1.29, 1.82) is 0 Å². The smallest absolute Gasteiger partial charge is 0.229 e. The van der Waals surface area contributed by atoms with E-state index >= 15 is 0 Å². The molecule has 1 fully saturated rings. The van der Waals surface area contributed by atoms with Gasteiger partial charge in [0.1, 0.15) is 4.60 Å². The molecule has 1 amide bonds. The van der Waals surface area contributed by atoms with Crippen LogP contribution in [0.25, 0.3) is 0 Å². The summed E-state index contributed by atoms with van der Waals surface area (Å²) in [7, 11) is 0. The topological polar surface area (TPSA) is 54.0 Å². The summed E-state index contributed by atoms with van der Waals surface area (Å²) in [4.78, 5) is 15.9. The first-order valence-corrected chi connectivity index (χ1v) is 6.55. The largest absolute Gasteiger partial charge is 0.317 e. The van der Waals surface area contributed by atoms with Gasteiger partial charge in [0.25, 0.3) is 0 Å². The van der Waals surface area contributed by atoms with Crippen LogP contribution in [-0.4, -0.2) is 24.0 Å². The molecule has 1 aromatic heterocycles. The Morgan fingerprint density at radius 1 is 1.60 bits per heavy atom. The van der Waals surface area contributed by atoms with Gasteiger partial charge in [0, 0.05) is 11.3 Å². The van der Waals surface area contributed by atoms with Crippen LogP contribution in [0.5, 0.6) is 0 Å². The molecule has 2 N–H and O–H groups in total. The number of piperidine rings is 1. The molecule has 0 radical (unpaired) electrons. The van der Waals surface area contributed by atoms with Gasteiger partial charge in [-0.25, -0.2) is 4.98 Å². The lowest BCUT2D eigenvalue weighted by atomic mass is 9.97. The fraction of sp³-hybridized carbons (Fsp3) is 0.556. The molecule has 1 aliphatic heterocycles. The third-order valence-electron chi connectivity index (χ3n) is 2.42. The van der Waals surface area contributed by atoms with Gasteiger partial charge in [-0.3, -0.25) is 4.79 Å². The predicted molar refractivity (Wildman–Crippen MR) is 64.0 cm³/mol. The Balaban J connectivity index is 1.91. The first-order chi connectivity index (χ1) is 7.25. The minimum atomic E-state index is 0.0957. The first kappa shape index (κ1) is 11.0. The van der Waals surface area contributed by atoms with Gasteiger partial charge in [-0.1, -0.05) is 0 Å². The summed E-state index contributed by atoms with van der Waals surface area (Å²) in [6, 6.07) is 0. The van der Waals surface area contributed by atoms with Gasteiger partial charge < -0.3 is 10.6 Å². The molecule has 0 bridgehead atoms. The second-order valence-corrected chi connectivity index (χ2v) is 5.16. The molecular weight excluding hydrogens is 278 g/mol. The van der Waals surface area contributed by atoms with Crippen LogP contribution in [-0.2, 0) is 4.79 Å². The summed E-state index contributed by atoms with van der Waals surface area (Å²) in [5.74, 6) is 0.229. The van der Waals surface area contributed by atoms with Gasteiger partial charge in [-0.2, -0.15) is 0 Å². The Morgan fingerprint density at radius 2 is 2.33 bits per heavy atom. The summed E-state index contributed by atoms with van der Waals surface area (Å²) in [5, 5.41) is 8.61. The number of amides is 1. The van der Waals surface area contributed by atoms with E-state index in [-0.39, 0.29) is 11.8 Å². The average molecular weight is 290 g/mol. The number of nitrogens with one attached hydrogen (secondary N) is 2. The highest BCUT2D eigenvalue weighted by Gasteiger charge is 2.21. The Labute approximate surface area is 101 Å². The fourth-order valence-corrected chi connectivity index (χ4v) is 2.75. The van der Waals surface area contributed by atoms with Crippen molar-refractivity contribution in [2.24, 2.45) is 5.92 Å². The second-order valence-electron chi connectivity index (χ2n) is 3.49. The van der Waals surface area contributed by atoms with Crippen molar-refractivity contribution in [1.82, 2.24) is 10.3 Å². The van der Waals surface area contributed by atoms with Crippen LogP contribution >= 0.6 is 27.3 Å². The Morgan fingerprint density at radius 3 is 2.93 bits per heavy atom. The van der Waals surface area contributed by atoms with Crippen molar-refractivity contribution in [3.63, 3.8) is 0 Å². The summed E-state index contributed by atoms with van der Waals surface area (Å²) in [6.07, 6.45) is 1.83. The number of anilines is 1. The van der Waals surface area contributed by atoms with Crippen LogP contribution in [0.15, 0.2) is 9.98 Å². The molecule has 0 saturated carbocycles. The van der Waals surface area contributed by atoms with Gasteiger partial charge in [0.15, 0.2) is 5.13 Å². The highest BCUT2D eigenvalue weighted by Crippen LogP contribution is 2.21. The molecule has 2 rings (SSSR count). The van der Waals surface area contributed by atoms with E-state index in [1.54, 1.807) is 0 Å². The predicted octanol–water partition coefficient (Wildman–Crippen LogP) is 1.84. The van der Waals surface area contributed by atoms with Crippen molar-refractivity contribution >= 4 is 38.3 Å². The number of carbonyl (C=O) groups excluding carboxylic acids is 1. The lowest BCUT2D eigenvalue weighted by Crippen LogP contribution is -2.34. The zero-order chi connectivity index (χ0) is 10.7. The molecule has 4 nitrogen and oxygen atoms in total. The number of carbonyl (C=O) groups is 1. The van der Waals surface area contributed by atoms with Crippen LogP contribution in [0.2, 0.25) is 0 Å². The molecule has 0 aromatic carbocycles. The first-order valence-electron chi connectivity index (χ1n) is 4.88. The third-order valence-corrected chi connectivity index (χ3v) is 3.88. The van der Waals surface area contributed by atoms with Crippen molar-refractivity contribution in [3.05, 3.63) is 9.98 Å². The number of rotatable bonds is 2. The molecule has 6 heteroatoms. The van der Waals surface area contributed by atoms with Crippen LogP contribution in [0.3, 0.4) is 0 Å². The quantitative estimate of drug-likeness (QED) is 0.874. The van der Waals surface area contributed by atoms with Crippen LogP contribution < -0.4 is 10.6 Å². The van der Waals surface area contributed by atoms with E-state index in [1.807, 2.05) is 5.38 Å². The molecule has 82 valence electrons. The Kier molecular flexibility index (Phi) is 3.71. The van der Waals surface area contributed by atoms with Crippen LogP contribution in [0.1, 0.15) is 12.8 Å². The van der Waals surface area contributed by atoms with E-state index in [4.69, 9.17) is 0 Å². The Bertz CT molecular complexity index is 349. The lowest BCUT2D eigenvalue weighted by molar-refractivity contribution is -0.120. The van der Waals surface area contributed by atoms with E-state index < -0.39 is 0 Å². The van der Waals surface area contributed by atoms with Gasteiger partial charge in [-0.05, 0) is 41.9 Å². The van der Waals surface area contributed by atoms with Crippen molar-refractivity contribution in [2.45, 2.75) is 12.8 Å². The van der Waals surface area contributed by atoms with Crippen molar-refractivity contribution in [2.75, 3.05) is 18.4 Å². The maximum atomic E-state index is 11.8. The normalized spacial score (nSPS) is 17.7. The van der Waals surface area contributed by atoms with E-state index in [2.05, 4.69) is 31.5 Å². The SMILES string of the molecule is O=C(Nc1nc(Br)cs1)C1CCNCC1. The average Bonchev–Trinajstić information content (AvgIpc) is 2.65. The third kappa shape index (κ3) is 2.99. The van der Waals surface area contributed by atoms with E-state index in [0.29, 0.717) is 5.13 Å². The summed E-state index contributed by atoms with van der Waals surface area (Å²) < 4.78 is 0.771.